The number of pyridine rings is 1. The Bertz CT molecular complexity index is 356. The van der Waals surface area contributed by atoms with Crippen molar-refractivity contribution in [2.24, 2.45) is 5.73 Å². The molecule has 0 saturated heterocycles. The van der Waals surface area contributed by atoms with E-state index in [9.17, 15) is 0 Å². The summed E-state index contributed by atoms with van der Waals surface area (Å²) in [6, 6.07) is 4.17. The van der Waals surface area contributed by atoms with E-state index < -0.39 is 0 Å². The number of nitrogens with two attached hydrogens (primary N) is 1. The van der Waals surface area contributed by atoms with Crippen molar-refractivity contribution in [1.82, 2.24) is 4.98 Å². The summed E-state index contributed by atoms with van der Waals surface area (Å²) >= 11 is 5.60. The zero-order valence-corrected chi connectivity index (χ0v) is 8.67. The molecule has 2 nitrogen and oxygen atoms in total. The number of aromatic nitrogens is 1. The normalized spacial score (nSPS) is 17.1. The highest BCUT2D eigenvalue weighted by Gasteiger charge is 2.23. The van der Waals surface area contributed by atoms with Gasteiger partial charge in [0.05, 0.1) is 11.6 Å². The van der Waals surface area contributed by atoms with Crippen LogP contribution < -0.4 is 5.73 Å². The smallest absolute Gasteiger partial charge is 0.0650 e. The summed E-state index contributed by atoms with van der Waals surface area (Å²) in [4.78, 5) is 4.22. The van der Waals surface area contributed by atoms with Crippen LogP contribution in [-0.4, -0.2) is 10.9 Å². The Balaban J connectivity index is 2.21. The third-order valence-corrected chi connectivity index (χ3v) is 2.65. The summed E-state index contributed by atoms with van der Waals surface area (Å²) in [5.41, 5.74) is 8.57. The van der Waals surface area contributed by atoms with Crippen molar-refractivity contribution in [3.63, 3.8) is 0 Å². The molecule has 0 aromatic carbocycles. The SMILES string of the molecule is N/C(=C\c1cc(C2CC2)ccn1)CCl. The summed E-state index contributed by atoms with van der Waals surface area (Å²) in [7, 11) is 0. The molecule has 0 amide bonds. The molecule has 0 spiro atoms. The number of hydrogen-bond donors (Lipinski definition) is 1. The van der Waals surface area contributed by atoms with Crippen LogP contribution in [0, 0.1) is 0 Å². The molecule has 74 valence electrons. The molecule has 1 aromatic rings. The first kappa shape index (κ1) is 9.53. The Labute approximate surface area is 88.8 Å². The molecule has 14 heavy (non-hydrogen) atoms. The molecule has 0 atom stereocenters. The largest absolute Gasteiger partial charge is 0.401 e. The zero-order chi connectivity index (χ0) is 9.97. The van der Waals surface area contributed by atoms with Crippen molar-refractivity contribution in [1.29, 1.82) is 0 Å². The van der Waals surface area contributed by atoms with Gasteiger partial charge >= 0.3 is 0 Å². The molecule has 1 aromatic heterocycles. The van der Waals surface area contributed by atoms with Crippen molar-refractivity contribution >= 4 is 17.7 Å². The highest BCUT2D eigenvalue weighted by atomic mass is 35.5. The van der Waals surface area contributed by atoms with Gasteiger partial charge in [-0.1, -0.05) is 0 Å². The second kappa shape index (κ2) is 4.01. The minimum absolute atomic E-state index is 0.356. The highest BCUT2D eigenvalue weighted by molar-refractivity contribution is 6.19. The van der Waals surface area contributed by atoms with Gasteiger partial charge in [0.2, 0.25) is 0 Å². The quantitative estimate of drug-likeness (QED) is 0.776. The van der Waals surface area contributed by atoms with Crippen LogP contribution in [0.1, 0.15) is 30.0 Å². The maximum Gasteiger partial charge on any atom is 0.0650 e. The fourth-order valence-corrected chi connectivity index (χ4v) is 1.52. The number of allylic oxidation sites excluding steroid dienone is 1. The van der Waals surface area contributed by atoms with Gasteiger partial charge in [-0.05, 0) is 42.5 Å². The van der Waals surface area contributed by atoms with Crippen molar-refractivity contribution in [2.45, 2.75) is 18.8 Å². The Morgan fingerprint density at radius 1 is 1.64 bits per heavy atom. The molecule has 3 heteroatoms. The standard InChI is InChI=1S/C11H13ClN2/c12-7-10(13)6-11-5-9(3-4-14-11)8-1-2-8/h3-6,8H,1-2,7,13H2/b10-6-. The van der Waals surface area contributed by atoms with E-state index in [1.165, 1.54) is 18.4 Å². The van der Waals surface area contributed by atoms with E-state index in [-0.39, 0.29) is 0 Å². The monoisotopic (exact) mass is 208 g/mol. The van der Waals surface area contributed by atoms with Crippen LogP contribution in [-0.2, 0) is 0 Å². The molecule has 0 unspecified atom stereocenters. The molecule has 0 radical (unpaired) electrons. The fourth-order valence-electron chi connectivity index (χ4n) is 1.44. The number of nitrogens with zero attached hydrogens (tertiary/aromatic N) is 1. The van der Waals surface area contributed by atoms with Gasteiger partial charge in [0.15, 0.2) is 0 Å². The molecule has 0 bridgehead atoms. The van der Waals surface area contributed by atoms with Gasteiger partial charge in [0, 0.05) is 11.9 Å². The Hall–Kier alpha value is -1.02. The van der Waals surface area contributed by atoms with E-state index in [1.807, 2.05) is 12.3 Å². The first-order valence-corrected chi connectivity index (χ1v) is 5.31. The summed E-state index contributed by atoms with van der Waals surface area (Å²) in [6.07, 6.45) is 6.27. The minimum Gasteiger partial charge on any atom is -0.401 e. The number of hydrogen-bond acceptors (Lipinski definition) is 2. The van der Waals surface area contributed by atoms with Gasteiger partial charge < -0.3 is 5.73 Å². The van der Waals surface area contributed by atoms with Gasteiger partial charge in [0.25, 0.3) is 0 Å². The molecule has 2 rings (SSSR count). The molecule has 1 fully saturated rings. The minimum atomic E-state index is 0.356. The Kier molecular flexibility index (Phi) is 2.73. The van der Waals surface area contributed by atoms with Crippen LogP contribution in [0.2, 0.25) is 0 Å². The second-order valence-electron chi connectivity index (χ2n) is 3.64. The van der Waals surface area contributed by atoms with E-state index in [2.05, 4.69) is 17.1 Å². The first-order valence-electron chi connectivity index (χ1n) is 4.77. The summed E-state index contributed by atoms with van der Waals surface area (Å²) in [5, 5.41) is 0. The van der Waals surface area contributed by atoms with Crippen molar-refractivity contribution in [3.8, 4) is 0 Å². The van der Waals surface area contributed by atoms with E-state index in [0.717, 1.165) is 11.6 Å². The van der Waals surface area contributed by atoms with Gasteiger partial charge in [-0.15, -0.1) is 11.6 Å². The predicted molar refractivity (Wildman–Crippen MR) is 59.1 cm³/mol. The van der Waals surface area contributed by atoms with Crippen LogP contribution in [0.3, 0.4) is 0 Å². The number of halogens is 1. The van der Waals surface area contributed by atoms with Gasteiger partial charge in [-0.2, -0.15) is 0 Å². The van der Waals surface area contributed by atoms with E-state index in [0.29, 0.717) is 11.6 Å². The first-order chi connectivity index (χ1) is 6.79. The van der Waals surface area contributed by atoms with Crippen LogP contribution >= 0.6 is 11.6 Å². The molecule has 1 aliphatic rings. The summed E-state index contributed by atoms with van der Waals surface area (Å²) in [6.45, 7) is 0. The van der Waals surface area contributed by atoms with Crippen LogP contribution in [0.4, 0.5) is 0 Å². The lowest BCUT2D eigenvalue weighted by molar-refractivity contribution is 1.10. The lowest BCUT2D eigenvalue weighted by Crippen LogP contribution is -1.98. The van der Waals surface area contributed by atoms with Gasteiger partial charge in [-0.3, -0.25) is 4.98 Å². The van der Waals surface area contributed by atoms with Crippen LogP contribution in [0.5, 0.6) is 0 Å². The molecule has 2 N–H and O–H groups in total. The van der Waals surface area contributed by atoms with E-state index >= 15 is 0 Å². The third kappa shape index (κ3) is 2.26. The third-order valence-electron chi connectivity index (χ3n) is 2.34. The Morgan fingerprint density at radius 3 is 3.07 bits per heavy atom. The van der Waals surface area contributed by atoms with Gasteiger partial charge in [0.1, 0.15) is 0 Å². The maximum absolute atomic E-state index is 5.64. The second-order valence-corrected chi connectivity index (χ2v) is 3.91. The van der Waals surface area contributed by atoms with Crippen molar-refractivity contribution in [2.75, 3.05) is 5.88 Å². The lowest BCUT2D eigenvalue weighted by Gasteiger charge is -2.00. The Morgan fingerprint density at radius 2 is 2.43 bits per heavy atom. The fraction of sp³-hybridized carbons (Fsp3) is 0.364. The van der Waals surface area contributed by atoms with Gasteiger partial charge in [-0.25, -0.2) is 0 Å². The molecule has 1 heterocycles. The number of alkyl halides is 1. The number of rotatable bonds is 3. The van der Waals surface area contributed by atoms with Crippen LogP contribution in [0.25, 0.3) is 6.08 Å². The van der Waals surface area contributed by atoms with Crippen molar-refractivity contribution in [3.05, 3.63) is 35.3 Å². The zero-order valence-electron chi connectivity index (χ0n) is 7.91. The topological polar surface area (TPSA) is 38.9 Å². The highest BCUT2D eigenvalue weighted by Crippen LogP contribution is 2.39. The average Bonchev–Trinajstić information content (AvgIpc) is 3.01. The molecule has 1 saturated carbocycles. The van der Waals surface area contributed by atoms with E-state index in [4.69, 9.17) is 17.3 Å². The predicted octanol–water partition coefficient (Wildman–Crippen LogP) is 2.50. The summed E-state index contributed by atoms with van der Waals surface area (Å²) < 4.78 is 0. The molecular weight excluding hydrogens is 196 g/mol. The molecular formula is C11H13ClN2. The lowest BCUT2D eigenvalue weighted by atomic mass is 10.1. The average molecular weight is 209 g/mol. The van der Waals surface area contributed by atoms with Crippen LogP contribution in [0.15, 0.2) is 24.0 Å². The molecule has 1 aliphatic carbocycles. The van der Waals surface area contributed by atoms with Crippen molar-refractivity contribution < 1.29 is 0 Å². The summed E-state index contributed by atoms with van der Waals surface area (Å²) in [5.74, 6) is 1.11. The maximum atomic E-state index is 5.64. The molecule has 0 aliphatic heterocycles. The van der Waals surface area contributed by atoms with E-state index in [1.54, 1.807) is 0 Å².